The van der Waals surface area contributed by atoms with Crippen molar-refractivity contribution >= 4 is 0 Å². The predicted octanol–water partition coefficient (Wildman–Crippen LogP) is 3.65. The molecule has 0 saturated heterocycles. The molecule has 0 aliphatic heterocycles. The Hall–Kier alpha value is -0.920. The van der Waals surface area contributed by atoms with Crippen molar-refractivity contribution in [2.45, 2.75) is 33.6 Å². The fourth-order valence-electron chi connectivity index (χ4n) is 0.913. The zero-order valence-corrected chi connectivity index (χ0v) is 8.08. The van der Waals surface area contributed by atoms with Gasteiger partial charge in [-0.25, -0.2) is 0 Å². The first-order chi connectivity index (χ1) is 5.66. The summed E-state index contributed by atoms with van der Waals surface area (Å²) in [6.45, 7) is 6.27. The molecule has 0 bridgehead atoms. The van der Waals surface area contributed by atoms with Gasteiger partial charge in [-0.3, -0.25) is 0 Å². The van der Waals surface area contributed by atoms with E-state index >= 15 is 0 Å². The lowest BCUT2D eigenvalue weighted by Crippen LogP contribution is -1.87. The van der Waals surface area contributed by atoms with Crippen LogP contribution in [0.2, 0.25) is 0 Å². The van der Waals surface area contributed by atoms with Gasteiger partial charge in [-0.2, -0.15) is 0 Å². The Morgan fingerprint density at radius 1 is 1.50 bits per heavy atom. The smallest absolute Gasteiger partial charge is 0.0677 e. The molecule has 1 atom stereocenters. The summed E-state index contributed by atoms with van der Waals surface area (Å²) < 4.78 is 0. The fraction of sp³-hybridized carbons (Fsp3) is 0.600. The Morgan fingerprint density at radius 2 is 2.17 bits per heavy atom. The minimum Gasteiger partial charge on any atom is -0.145 e. The van der Waals surface area contributed by atoms with E-state index in [1.54, 1.807) is 0 Å². The molecule has 0 aromatic carbocycles. The number of rotatable bonds is 5. The third-order valence-electron chi connectivity index (χ3n) is 1.65. The highest BCUT2D eigenvalue weighted by atomic mass is 16.2. The lowest BCUT2D eigenvalue weighted by Gasteiger charge is -2.01. The molecule has 0 aromatic heterocycles. The van der Waals surface area contributed by atoms with Crippen LogP contribution in [0.4, 0.5) is 0 Å². The van der Waals surface area contributed by atoms with Gasteiger partial charge in [0.05, 0.1) is 6.20 Å². The molecule has 0 spiro atoms. The molecule has 68 valence electrons. The zero-order chi connectivity index (χ0) is 9.40. The maximum absolute atomic E-state index is 9.74. The van der Waals surface area contributed by atoms with Crippen LogP contribution in [0.1, 0.15) is 33.6 Å². The molecule has 0 aliphatic rings. The van der Waals surface area contributed by atoms with Crippen molar-refractivity contribution < 1.29 is 0 Å². The third-order valence-corrected chi connectivity index (χ3v) is 1.65. The molecule has 1 unspecified atom stereocenters. The summed E-state index contributed by atoms with van der Waals surface area (Å²) in [6.07, 6.45) is 7.53. The Bertz CT molecular complexity index is 178. The number of nitroso groups, excluding NO2 is 1. The summed E-state index contributed by atoms with van der Waals surface area (Å²) in [4.78, 5) is 9.74. The summed E-state index contributed by atoms with van der Waals surface area (Å²) in [6, 6.07) is 0. The van der Waals surface area contributed by atoms with Crippen LogP contribution in [0.3, 0.4) is 0 Å². The fourth-order valence-corrected chi connectivity index (χ4v) is 0.913. The topological polar surface area (TPSA) is 29.4 Å². The van der Waals surface area contributed by atoms with Crippen LogP contribution in [0, 0.1) is 10.8 Å². The van der Waals surface area contributed by atoms with Crippen molar-refractivity contribution in [1.82, 2.24) is 0 Å². The van der Waals surface area contributed by atoms with Crippen molar-refractivity contribution in [3.63, 3.8) is 0 Å². The quantitative estimate of drug-likeness (QED) is 0.454. The van der Waals surface area contributed by atoms with Gasteiger partial charge in [-0.15, -0.1) is 4.91 Å². The monoisotopic (exact) mass is 167 g/mol. The van der Waals surface area contributed by atoms with Gasteiger partial charge in [0.25, 0.3) is 0 Å². The van der Waals surface area contributed by atoms with Crippen molar-refractivity contribution in [3.05, 3.63) is 28.8 Å². The van der Waals surface area contributed by atoms with Crippen LogP contribution < -0.4 is 0 Å². The van der Waals surface area contributed by atoms with Crippen molar-refractivity contribution in [2.24, 2.45) is 11.1 Å². The van der Waals surface area contributed by atoms with Gasteiger partial charge in [0, 0.05) is 0 Å². The first-order valence-electron chi connectivity index (χ1n) is 4.29. The maximum atomic E-state index is 9.74. The van der Waals surface area contributed by atoms with E-state index in [0.29, 0.717) is 5.92 Å². The molecule has 12 heavy (non-hydrogen) atoms. The first-order valence-corrected chi connectivity index (χ1v) is 4.29. The normalized spacial score (nSPS) is 12.9. The average molecular weight is 167 g/mol. The van der Waals surface area contributed by atoms with E-state index in [4.69, 9.17) is 0 Å². The highest BCUT2D eigenvalue weighted by Crippen LogP contribution is 2.08. The van der Waals surface area contributed by atoms with Crippen LogP contribution in [-0.4, -0.2) is 0 Å². The average Bonchev–Trinajstić information content (AvgIpc) is 2.00. The minimum absolute atomic E-state index is 0.443. The lowest BCUT2D eigenvalue weighted by molar-refractivity contribution is 0.655. The molecule has 2 nitrogen and oxygen atoms in total. The molecule has 0 radical (unpaired) electrons. The SMILES string of the molecule is CC(C)=CCCC(C)/C=C/N=O. The Morgan fingerprint density at radius 3 is 2.67 bits per heavy atom. The summed E-state index contributed by atoms with van der Waals surface area (Å²) >= 11 is 0. The van der Waals surface area contributed by atoms with Crippen LogP contribution in [-0.2, 0) is 0 Å². The molecule has 0 fully saturated rings. The van der Waals surface area contributed by atoms with Gasteiger partial charge in [0.15, 0.2) is 0 Å². The van der Waals surface area contributed by atoms with Crippen LogP contribution in [0.5, 0.6) is 0 Å². The third kappa shape index (κ3) is 7.19. The highest BCUT2D eigenvalue weighted by molar-refractivity contribution is 4.94. The standard InChI is InChI=1S/C10H17NO/c1-9(2)5-4-6-10(3)7-8-11-12/h5,7-8,10H,4,6H2,1-3H3/b8-7+. The molecular formula is C10H17NO. The predicted molar refractivity (Wildman–Crippen MR) is 52.8 cm³/mol. The van der Waals surface area contributed by atoms with Crippen LogP contribution >= 0.6 is 0 Å². The Kier molecular flexibility index (Phi) is 6.25. The maximum Gasteiger partial charge on any atom is 0.0677 e. The van der Waals surface area contributed by atoms with Gasteiger partial charge in [-0.05, 0) is 37.8 Å². The van der Waals surface area contributed by atoms with Gasteiger partial charge in [-0.1, -0.05) is 24.6 Å². The van der Waals surface area contributed by atoms with Gasteiger partial charge in [0.1, 0.15) is 0 Å². The molecule has 0 saturated carbocycles. The van der Waals surface area contributed by atoms with E-state index in [-0.39, 0.29) is 0 Å². The second kappa shape index (κ2) is 6.77. The van der Waals surface area contributed by atoms with Crippen molar-refractivity contribution in [2.75, 3.05) is 0 Å². The highest BCUT2D eigenvalue weighted by Gasteiger charge is 1.94. The zero-order valence-electron chi connectivity index (χ0n) is 8.08. The molecule has 2 heteroatoms. The van der Waals surface area contributed by atoms with Crippen LogP contribution in [0.25, 0.3) is 0 Å². The Balaban J connectivity index is 3.57. The van der Waals surface area contributed by atoms with E-state index < -0.39 is 0 Å². The largest absolute Gasteiger partial charge is 0.145 e. The van der Waals surface area contributed by atoms with Gasteiger partial charge >= 0.3 is 0 Å². The Labute approximate surface area is 74.3 Å². The number of hydrogen-bond donors (Lipinski definition) is 0. The summed E-state index contributed by atoms with van der Waals surface area (Å²) in [5, 5.41) is 2.67. The molecular weight excluding hydrogens is 150 g/mol. The van der Waals surface area contributed by atoms with Crippen molar-refractivity contribution in [1.29, 1.82) is 0 Å². The molecule has 0 aliphatic carbocycles. The van der Waals surface area contributed by atoms with E-state index in [0.717, 1.165) is 12.8 Å². The molecule has 0 amide bonds. The minimum atomic E-state index is 0.443. The number of allylic oxidation sites excluding steroid dienone is 3. The summed E-state index contributed by atoms with van der Waals surface area (Å²) in [5.74, 6) is 0.443. The van der Waals surface area contributed by atoms with E-state index in [9.17, 15) is 4.91 Å². The van der Waals surface area contributed by atoms with E-state index in [1.807, 2.05) is 6.08 Å². The molecule has 0 aromatic rings. The lowest BCUT2D eigenvalue weighted by atomic mass is 10.0. The second-order valence-electron chi connectivity index (χ2n) is 3.28. The molecule has 0 rings (SSSR count). The van der Waals surface area contributed by atoms with E-state index in [2.05, 4.69) is 32.0 Å². The van der Waals surface area contributed by atoms with Crippen molar-refractivity contribution in [3.8, 4) is 0 Å². The second-order valence-corrected chi connectivity index (χ2v) is 3.28. The number of nitrogens with zero attached hydrogens (tertiary/aromatic N) is 1. The number of hydrogen-bond acceptors (Lipinski definition) is 2. The molecule has 0 N–H and O–H groups in total. The van der Waals surface area contributed by atoms with Crippen LogP contribution in [0.15, 0.2) is 29.1 Å². The van der Waals surface area contributed by atoms with Gasteiger partial charge in [0.2, 0.25) is 0 Å². The molecule has 0 heterocycles. The first kappa shape index (κ1) is 11.1. The summed E-state index contributed by atoms with van der Waals surface area (Å²) in [5.41, 5.74) is 1.35. The van der Waals surface area contributed by atoms with Gasteiger partial charge < -0.3 is 0 Å². The summed E-state index contributed by atoms with van der Waals surface area (Å²) in [7, 11) is 0. The van der Waals surface area contributed by atoms with E-state index in [1.165, 1.54) is 11.8 Å².